The first-order valence-electron chi connectivity index (χ1n) is 7.67. The summed E-state index contributed by atoms with van der Waals surface area (Å²) in [6.07, 6.45) is 1.91. The van der Waals surface area contributed by atoms with Crippen molar-refractivity contribution in [3.05, 3.63) is 58.4 Å². The lowest BCUT2D eigenvalue weighted by Crippen LogP contribution is -2.41. The second kappa shape index (κ2) is 6.46. The van der Waals surface area contributed by atoms with Crippen LogP contribution in [-0.2, 0) is 12.0 Å². The highest BCUT2D eigenvalue weighted by Crippen LogP contribution is 2.26. The van der Waals surface area contributed by atoms with E-state index in [4.69, 9.17) is 0 Å². The predicted octanol–water partition coefficient (Wildman–Crippen LogP) is 4.01. The molecule has 4 nitrogen and oxygen atoms in total. The number of hydrogen-bond donors (Lipinski definition) is 3. The van der Waals surface area contributed by atoms with Crippen molar-refractivity contribution in [3.63, 3.8) is 0 Å². The number of fused-ring (bicyclic) bond motifs is 1. The van der Waals surface area contributed by atoms with Crippen molar-refractivity contribution in [3.8, 4) is 0 Å². The normalized spacial score (nSPS) is 11.6. The third kappa shape index (κ3) is 3.56. The van der Waals surface area contributed by atoms with Gasteiger partial charge < -0.3 is 15.6 Å². The number of aromatic nitrogens is 1. The Morgan fingerprint density at radius 1 is 1.17 bits per heavy atom. The first-order valence-corrected chi connectivity index (χ1v) is 8.55. The van der Waals surface area contributed by atoms with Crippen molar-refractivity contribution in [2.24, 2.45) is 0 Å². The number of aromatic amines is 1. The van der Waals surface area contributed by atoms with Gasteiger partial charge in [-0.25, -0.2) is 4.79 Å². The van der Waals surface area contributed by atoms with Crippen LogP contribution in [0.25, 0.3) is 10.9 Å². The summed E-state index contributed by atoms with van der Waals surface area (Å²) in [7, 11) is 0. The molecule has 120 valence electrons. The third-order valence-corrected chi connectivity index (χ3v) is 5.23. The topological polar surface area (TPSA) is 56.9 Å². The van der Waals surface area contributed by atoms with E-state index in [0.717, 1.165) is 16.5 Å². The Balaban J connectivity index is 1.55. The third-order valence-electron chi connectivity index (χ3n) is 3.99. The van der Waals surface area contributed by atoms with Gasteiger partial charge in [0.05, 0.1) is 5.52 Å². The molecule has 0 spiro atoms. The van der Waals surface area contributed by atoms with E-state index in [1.807, 2.05) is 30.5 Å². The molecule has 0 fully saturated rings. The summed E-state index contributed by atoms with van der Waals surface area (Å²) in [6.45, 7) is 5.38. The maximum absolute atomic E-state index is 12.1. The van der Waals surface area contributed by atoms with E-state index in [0.29, 0.717) is 13.1 Å². The number of amides is 2. The Morgan fingerprint density at radius 2 is 2.04 bits per heavy atom. The monoisotopic (exact) mass is 327 g/mol. The number of carbonyl (C=O) groups is 1. The molecule has 5 heteroatoms. The summed E-state index contributed by atoms with van der Waals surface area (Å²) < 4.78 is 0. The van der Waals surface area contributed by atoms with Gasteiger partial charge in [-0.15, -0.1) is 11.3 Å². The predicted molar refractivity (Wildman–Crippen MR) is 95.9 cm³/mol. The average molecular weight is 327 g/mol. The van der Waals surface area contributed by atoms with Crippen LogP contribution in [0.2, 0.25) is 0 Å². The van der Waals surface area contributed by atoms with Gasteiger partial charge in [0.2, 0.25) is 0 Å². The Labute approximate surface area is 139 Å². The van der Waals surface area contributed by atoms with Crippen molar-refractivity contribution >= 4 is 28.3 Å². The lowest BCUT2D eigenvalue weighted by atomic mass is 9.91. The molecule has 23 heavy (non-hydrogen) atoms. The van der Waals surface area contributed by atoms with Crippen LogP contribution in [0.1, 0.15) is 24.3 Å². The zero-order valence-corrected chi connectivity index (χ0v) is 14.2. The summed E-state index contributed by atoms with van der Waals surface area (Å²) in [4.78, 5) is 16.6. The molecule has 0 atom stereocenters. The van der Waals surface area contributed by atoms with Gasteiger partial charge in [-0.3, -0.25) is 0 Å². The van der Waals surface area contributed by atoms with Crippen molar-refractivity contribution in [1.82, 2.24) is 15.6 Å². The molecule has 0 aliphatic heterocycles. The number of benzene rings is 1. The van der Waals surface area contributed by atoms with Crippen LogP contribution in [0, 0.1) is 0 Å². The number of nitrogens with one attached hydrogen (secondary N) is 3. The minimum Gasteiger partial charge on any atom is -0.361 e. The molecule has 3 N–H and O–H groups in total. The van der Waals surface area contributed by atoms with Gasteiger partial charge in [0.1, 0.15) is 0 Å². The Morgan fingerprint density at radius 3 is 2.83 bits per heavy atom. The Hall–Kier alpha value is -2.27. The van der Waals surface area contributed by atoms with Crippen molar-refractivity contribution in [2.45, 2.75) is 25.8 Å². The molecule has 0 saturated heterocycles. The number of urea groups is 1. The fourth-order valence-electron chi connectivity index (χ4n) is 2.59. The molecule has 2 heterocycles. The smallest absolute Gasteiger partial charge is 0.315 e. The number of para-hydroxylation sites is 1. The largest absolute Gasteiger partial charge is 0.361 e. The molecule has 0 aliphatic carbocycles. The molecule has 0 aliphatic rings. The molecule has 2 amide bonds. The molecule has 3 aromatic rings. The van der Waals surface area contributed by atoms with Gasteiger partial charge in [0, 0.05) is 29.6 Å². The van der Waals surface area contributed by atoms with Crippen LogP contribution < -0.4 is 10.6 Å². The molecule has 1 aromatic carbocycles. The zero-order chi connectivity index (χ0) is 16.3. The summed E-state index contributed by atoms with van der Waals surface area (Å²) in [6, 6.07) is 12.1. The quantitative estimate of drug-likeness (QED) is 0.651. The Bertz CT molecular complexity index is 790. The molecule has 0 unspecified atom stereocenters. The number of rotatable bonds is 5. The standard InChI is InChI=1S/C18H21N3OS/c1-18(2,15-7-4-10-23-15)12-21-17(22)20-11-14-6-3-5-13-8-9-19-16(13)14/h3-10,19H,11-12H2,1-2H3,(H2,20,21,22). The van der Waals surface area contributed by atoms with E-state index in [1.165, 1.54) is 4.88 Å². The van der Waals surface area contributed by atoms with Crippen molar-refractivity contribution < 1.29 is 4.79 Å². The van der Waals surface area contributed by atoms with Gasteiger partial charge in [0.15, 0.2) is 0 Å². The summed E-state index contributed by atoms with van der Waals surface area (Å²) in [5.41, 5.74) is 2.09. The van der Waals surface area contributed by atoms with E-state index >= 15 is 0 Å². The number of hydrogen-bond acceptors (Lipinski definition) is 2. The lowest BCUT2D eigenvalue weighted by Gasteiger charge is -2.23. The van der Waals surface area contributed by atoms with Crippen LogP contribution in [0.5, 0.6) is 0 Å². The summed E-state index contributed by atoms with van der Waals surface area (Å²) in [5, 5.41) is 9.12. The van der Waals surface area contributed by atoms with Crippen molar-refractivity contribution in [1.29, 1.82) is 0 Å². The number of H-pyrrole nitrogens is 1. The van der Waals surface area contributed by atoms with E-state index < -0.39 is 0 Å². The number of thiophene rings is 1. The molecule has 0 saturated carbocycles. The van der Waals surface area contributed by atoms with Gasteiger partial charge in [0.25, 0.3) is 0 Å². The molecular formula is C18H21N3OS. The highest BCUT2D eigenvalue weighted by atomic mass is 32.1. The van der Waals surface area contributed by atoms with Crippen molar-refractivity contribution in [2.75, 3.05) is 6.54 Å². The number of carbonyl (C=O) groups excluding carboxylic acids is 1. The van der Waals surface area contributed by atoms with Gasteiger partial charge in [-0.05, 0) is 28.5 Å². The van der Waals surface area contributed by atoms with Crippen LogP contribution in [0.15, 0.2) is 48.0 Å². The minimum atomic E-state index is -0.141. The SMILES string of the molecule is CC(C)(CNC(=O)NCc1cccc2cc[nH]c12)c1cccs1. The molecule has 3 rings (SSSR count). The first-order chi connectivity index (χ1) is 11.1. The maximum atomic E-state index is 12.1. The molecule has 2 aromatic heterocycles. The molecule has 0 radical (unpaired) electrons. The highest BCUT2D eigenvalue weighted by molar-refractivity contribution is 7.10. The van der Waals surface area contributed by atoms with Crippen LogP contribution >= 0.6 is 11.3 Å². The Kier molecular flexibility index (Phi) is 4.39. The average Bonchev–Trinajstić information content (AvgIpc) is 3.21. The maximum Gasteiger partial charge on any atom is 0.315 e. The first kappa shape index (κ1) is 15.6. The molecular weight excluding hydrogens is 306 g/mol. The highest BCUT2D eigenvalue weighted by Gasteiger charge is 2.22. The van der Waals surface area contributed by atoms with E-state index in [9.17, 15) is 4.79 Å². The van der Waals surface area contributed by atoms with Crippen LogP contribution in [0.3, 0.4) is 0 Å². The van der Waals surface area contributed by atoms with Crippen LogP contribution in [0.4, 0.5) is 4.79 Å². The second-order valence-electron chi connectivity index (χ2n) is 6.26. The van der Waals surface area contributed by atoms with Gasteiger partial charge >= 0.3 is 6.03 Å². The minimum absolute atomic E-state index is 0.0645. The van der Waals surface area contributed by atoms with Gasteiger partial charge in [-0.2, -0.15) is 0 Å². The lowest BCUT2D eigenvalue weighted by molar-refractivity contribution is 0.238. The second-order valence-corrected chi connectivity index (χ2v) is 7.20. The van der Waals surface area contributed by atoms with E-state index in [2.05, 4.69) is 47.0 Å². The van der Waals surface area contributed by atoms with E-state index in [-0.39, 0.29) is 11.4 Å². The summed E-state index contributed by atoms with van der Waals surface area (Å²) in [5.74, 6) is 0. The van der Waals surface area contributed by atoms with Crippen LogP contribution in [-0.4, -0.2) is 17.6 Å². The molecule has 0 bridgehead atoms. The van der Waals surface area contributed by atoms with E-state index in [1.54, 1.807) is 11.3 Å². The fourth-order valence-corrected chi connectivity index (χ4v) is 3.44. The fraction of sp³-hybridized carbons (Fsp3) is 0.278. The zero-order valence-electron chi connectivity index (χ0n) is 13.3. The van der Waals surface area contributed by atoms with Gasteiger partial charge in [-0.1, -0.05) is 38.1 Å². The summed E-state index contributed by atoms with van der Waals surface area (Å²) >= 11 is 1.72.